The summed E-state index contributed by atoms with van der Waals surface area (Å²) in [6, 6.07) is 7.49. The Morgan fingerprint density at radius 3 is 2.04 bits per heavy atom. The van der Waals surface area contributed by atoms with Crippen LogP contribution in [-0.4, -0.2) is 61.8 Å². The van der Waals surface area contributed by atoms with Gasteiger partial charge < -0.3 is 36.4 Å². The van der Waals surface area contributed by atoms with Crippen LogP contribution >= 0.6 is 11.6 Å². The van der Waals surface area contributed by atoms with Crippen LogP contribution in [-0.2, 0) is 30.5 Å². The van der Waals surface area contributed by atoms with Gasteiger partial charge in [-0.1, -0.05) is 50.6 Å². The summed E-state index contributed by atoms with van der Waals surface area (Å²) in [5, 5.41) is 41.8. The highest BCUT2D eigenvalue weighted by Gasteiger charge is 2.38. The number of nitrogens with zero attached hydrogens (tertiary/aromatic N) is 2. The minimum Gasteiger partial charge on any atom is -0.480 e. The molecule has 6 N–H and O–H groups in total. The van der Waals surface area contributed by atoms with E-state index in [0.29, 0.717) is 27.5 Å². The molecule has 3 atom stereocenters. The van der Waals surface area contributed by atoms with Gasteiger partial charge in [0.05, 0.1) is 4.92 Å². The second-order valence-electron chi connectivity index (χ2n) is 12.6. The molecule has 0 aromatic heterocycles. The molecule has 0 fully saturated rings. The summed E-state index contributed by atoms with van der Waals surface area (Å²) < 4.78 is 0. The maximum atomic E-state index is 13.5. The molecular weight excluding hydrogens is 660 g/mol. The van der Waals surface area contributed by atoms with E-state index < -0.39 is 52.7 Å². The highest BCUT2D eigenvalue weighted by atomic mass is 35.5. The summed E-state index contributed by atoms with van der Waals surface area (Å²) in [6.45, 7) is 6.82. The molecule has 3 amide bonds. The molecule has 262 valence electrons. The maximum Gasteiger partial charge on any atom is 0.326 e. The highest BCUT2D eigenvalue weighted by Crippen LogP contribution is 2.36. The Hall–Kier alpha value is -5.44. The number of carboxylic acids is 2. The van der Waals surface area contributed by atoms with Gasteiger partial charge in [-0.05, 0) is 65.8 Å². The number of nitrogens with one attached hydrogen (secondary N) is 4. The number of amides is 3. The Morgan fingerprint density at radius 1 is 0.959 bits per heavy atom. The van der Waals surface area contributed by atoms with Gasteiger partial charge in [-0.15, -0.1) is 0 Å². The van der Waals surface area contributed by atoms with Crippen molar-refractivity contribution in [1.82, 2.24) is 15.5 Å². The summed E-state index contributed by atoms with van der Waals surface area (Å²) in [7, 11) is 0. The standard InChI is InChI=1S/C33H39ClN6O9/c1-19(41)39-17-20-15-23(36-27(18-40(48)49)35-22-11-9-21(34)10-12-22)13-14-24(20)29(39)30(43)38-26(32(46)47)8-6-5-7-25(31(44)45)37-28(42)16-33(2,3)4/h5-6,9-15,18,25-26,29,35-36H,7-8,16-17H2,1-4H3,(H,37,42)(H,38,43)(H,44,45)(H,46,47). The molecule has 0 spiro atoms. The predicted octanol–water partition coefficient (Wildman–Crippen LogP) is 4.25. The Balaban J connectivity index is 1.73. The third-order valence-corrected chi connectivity index (χ3v) is 7.48. The lowest BCUT2D eigenvalue weighted by atomic mass is 9.92. The fraction of sp³-hybridized carbons (Fsp3) is 0.364. The van der Waals surface area contributed by atoms with Crippen molar-refractivity contribution >= 4 is 52.6 Å². The lowest BCUT2D eigenvalue weighted by Crippen LogP contribution is -2.46. The molecule has 16 heteroatoms. The number of carboxylic acid groups (broad SMARTS) is 2. The fourth-order valence-corrected chi connectivity index (χ4v) is 5.16. The van der Waals surface area contributed by atoms with Crippen LogP contribution in [0, 0.1) is 15.5 Å². The topological polar surface area (TPSA) is 220 Å². The molecular formula is C33H39ClN6O9. The Morgan fingerprint density at radius 2 is 1.51 bits per heavy atom. The number of hydrogen-bond acceptors (Lipinski definition) is 9. The zero-order chi connectivity index (χ0) is 36.5. The Bertz CT molecular complexity index is 1650. The lowest BCUT2D eigenvalue weighted by Gasteiger charge is -2.24. The summed E-state index contributed by atoms with van der Waals surface area (Å²) in [5.41, 5.74) is 1.60. The first-order valence-electron chi connectivity index (χ1n) is 15.2. The first-order valence-corrected chi connectivity index (χ1v) is 15.6. The van der Waals surface area contributed by atoms with Crippen molar-refractivity contribution in [1.29, 1.82) is 0 Å². The molecule has 2 aromatic rings. The van der Waals surface area contributed by atoms with E-state index in [-0.39, 0.29) is 37.0 Å². The monoisotopic (exact) mass is 698 g/mol. The van der Waals surface area contributed by atoms with E-state index in [2.05, 4.69) is 21.3 Å². The SMILES string of the molecule is CC(=O)N1Cc2cc(NC(=C[N+](=O)[O-])Nc3ccc(Cl)cc3)ccc2C1C(=O)NC(CC=CCC(NC(=O)CC(C)(C)C)C(=O)O)C(=O)O. The van der Waals surface area contributed by atoms with Gasteiger partial charge in [-0.3, -0.25) is 24.5 Å². The van der Waals surface area contributed by atoms with Crippen LogP contribution in [0.5, 0.6) is 0 Å². The number of anilines is 2. The predicted molar refractivity (Wildman–Crippen MR) is 181 cm³/mol. The van der Waals surface area contributed by atoms with Gasteiger partial charge in [0.2, 0.25) is 17.7 Å². The van der Waals surface area contributed by atoms with Crippen molar-refractivity contribution in [2.75, 3.05) is 10.6 Å². The normalized spacial score (nSPS) is 15.6. The first kappa shape index (κ1) is 38.0. The van der Waals surface area contributed by atoms with Crippen molar-refractivity contribution in [3.8, 4) is 0 Å². The third-order valence-electron chi connectivity index (χ3n) is 7.23. The van der Waals surface area contributed by atoms with Crippen LogP contribution in [0.1, 0.15) is 64.1 Å². The summed E-state index contributed by atoms with van der Waals surface area (Å²) in [5.74, 6) is -4.18. The minimum absolute atomic E-state index is 0.0202. The average molecular weight is 699 g/mol. The number of carbonyl (C=O) groups is 5. The van der Waals surface area contributed by atoms with Gasteiger partial charge in [0.15, 0.2) is 5.82 Å². The van der Waals surface area contributed by atoms with Crippen LogP contribution in [0.3, 0.4) is 0 Å². The number of nitro groups is 1. The molecule has 1 heterocycles. The second-order valence-corrected chi connectivity index (χ2v) is 13.0. The highest BCUT2D eigenvalue weighted by molar-refractivity contribution is 6.30. The second kappa shape index (κ2) is 16.6. The number of aliphatic carboxylic acids is 2. The van der Waals surface area contributed by atoms with Gasteiger partial charge in [0.1, 0.15) is 18.1 Å². The zero-order valence-corrected chi connectivity index (χ0v) is 28.1. The Kier molecular flexibility index (Phi) is 12.9. The zero-order valence-electron chi connectivity index (χ0n) is 27.4. The van der Waals surface area contributed by atoms with Crippen molar-refractivity contribution in [2.45, 2.75) is 71.6 Å². The molecule has 0 saturated heterocycles. The van der Waals surface area contributed by atoms with Gasteiger partial charge in [-0.25, -0.2) is 9.59 Å². The average Bonchev–Trinajstić information content (AvgIpc) is 3.37. The number of fused-ring (bicyclic) bond motifs is 1. The number of hydrogen-bond donors (Lipinski definition) is 6. The largest absolute Gasteiger partial charge is 0.480 e. The van der Waals surface area contributed by atoms with Crippen molar-refractivity contribution in [3.05, 3.63) is 92.9 Å². The van der Waals surface area contributed by atoms with Crippen molar-refractivity contribution in [2.24, 2.45) is 5.41 Å². The first-order chi connectivity index (χ1) is 22.9. The number of benzene rings is 2. The molecule has 2 aromatic carbocycles. The fourth-order valence-electron chi connectivity index (χ4n) is 5.04. The van der Waals surface area contributed by atoms with E-state index in [4.69, 9.17) is 11.6 Å². The maximum absolute atomic E-state index is 13.5. The van der Waals surface area contributed by atoms with Crippen LogP contribution in [0.15, 0.2) is 66.6 Å². The molecule has 49 heavy (non-hydrogen) atoms. The quantitative estimate of drug-likeness (QED) is 0.0877. The summed E-state index contributed by atoms with van der Waals surface area (Å²) in [6.07, 6.45) is 3.38. The molecule has 3 rings (SSSR count). The number of halogens is 1. The molecule has 0 aliphatic carbocycles. The molecule has 0 bridgehead atoms. The van der Waals surface area contributed by atoms with E-state index >= 15 is 0 Å². The summed E-state index contributed by atoms with van der Waals surface area (Å²) >= 11 is 5.92. The lowest BCUT2D eigenvalue weighted by molar-refractivity contribution is -0.403. The van der Waals surface area contributed by atoms with Crippen LogP contribution in [0.25, 0.3) is 0 Å². The van der Waals surface area contributed by atoms with E-state index in [0.717, 1.165) is 6.20 Å². The van der Waals surface area contributed by atoms with Gasteiger partial charge in [-0.2, -0.15) is 0 Å². The molecule has 15 nitrogen and oxygen atoms in total. The number of carbonyl (C=O) groups excluding carboxylic acids is 3. The molecule has 3 unspecified atom stereocenters. The Labute approximate surface area is 287 Å². The van der Waals surface area contributed by atoms with Crippen LogP contribution < -0.4 is 21.3 Å². The smallest absolute Gasteiger partial charge is 0.326 e. The van der Waals surface area contributed by atoms with E-state index in [1.54, 1.807) is 42.5 Å². The van der Waals surface area contributed by atoms with E-state index in [1.165, 1.54) is 24.0 Å². The third kappa shape index (κ3) is 11.6. The van der Waals surface area contributed by atoms with Crippen LogP contribution in [0.4, 0.5) is 11.4 Å². The van der Waals surface area contributed by atoms with Gasteiger partial charge in [0, 0.05) is 36.3 Å². The minimum atomic E-state index is -1.41. The molecule has 0 saturated carbocycles. The molecule has 1 aliphatic heterocycles. The summed E-state index contributed by atoms with van der Waals surface area (Å²) in [4.78, 5) is 73.8. The number of rotatable bonds is 15. The van der Waals surface area contributed by atoms with E-state index in [1.807, 2.05) is 20.8 Å². The van der Waals surface area contributed by atoms with Gasteiger partial charge >= 0.3 is 11.9 Å². The van der Waals surface area contributed by atoms with Gasteiger partial charge in [0.25, 0.3) is 6.20 Å². The van der Waals surface area contributed by atoms with Crippen LogP contribution in [0.2, 0.25) is 5.02 Å². The van der Waals surface area contributed by atoms with E-state index in [9.17, 15) is 44.3 Å². The van der Waals surface area contributed by atoms with Crippen molar-refractivity contribution in [3.63, 3.8) is 0 Å². The molecule has 0 radical (unpaired) electrons. The molecule has 1 aliphatic rings. The van der Waals surface area contributed by atoms with Crippen molar-refractivity contribution < 1.29 is 39.1 Å².